The molecule has 224 valence electrons. The van der Waals surface area contributed by atoms with Crippen LogP contribution in [0, 0.1) is 11.7 Å². The Bertz CT molecular complexity index is 1730. The summed E-state index contributed by atoms with van der Waals surface area (Å²) in [6, 6.07) is 7.53. The Morgan fingerprint density at radius 3 is 2.37 bits per heavy atom. The minimum Gasteiger partial charge on any atom is -0.382 e. The molecule has 43 heavy (non-hydrogen) atoms. The fraction of sp³-hybridized carbons (Fsp3) is 0.310. The van der Waals surface area contributed by atoms with Gasteiger partial charge in [0.1, 0.15) is 17.7 Å². The van der Waals surface area contributed by atoms with Crippen molar-refractivity contribution < 1.29 is 27.2 Å². The maximum absolute atomic E-state index is 14.1. The van der Waals surface area contributed by atoms with Gasteiger partial charge in [-0.3, -0.25) is 4.79 Å². The Hall–Kier alpha value is -4.39. The van der Waals surface area contributed by atoms with Crippen molar-refractivity contribution in [3.8, 4) is 11.1 Å². The van der Waals surface area contributed by atoms with E-state index in [2.05, 4.69) is 20.7 Å². The van der Waals surface area contributed by atoms with E-state index in [-0.39, 0.29) is 34.3 Å². The van der Waals surface area contributed by atoms with Crippen molar-refractivity contribution in [3.05, 3.63) is 70.9 Å². The van der Waals surface area contributed by atoms with Crippen LogP contribution in [0.2, 0.25) is 5.02 Å². The minimum absolute atomic E-state index is 0.125. The Balaban J connectivity index is 1.22. The molecular weight excluding hydrogens is 590 g/mol. The van der Waals surface area contributed by atoms with Crippen molar-refractivity contribution in [1.29, 1.82) is 0 Å². The number of anilines is 3. The van der Waals surface area contributed by atoms with E-state index in [9.17, 15) is 27.2 Å². The van der Waals surface area contributed by atoms with Crippen LogP contribution in [0.1, 0.15) is 42.9 Å². The molecule has 0 spiro atoms. The van der Waals surface area contributed by atoms with Gasteiger partial charge in [-0.1, -0.05) is 17.7 Å². The van der Waals surface area contributed by atoms with Crippen molar-refractivity contribution in [1.82, 2.24) is 19.5 Å². The van der Waals surface area contributed by atoms with Crippen molar-refractivity contribution in [2.45, 2.75) is 37.8 Å². The molecule has 4 aromatic rings. The molecule has 1 saturated carbocycles. The first-order valence-electron chi connectivity index (χ1n) is 13.6. The summed E-state index contributed by atoms with van der Waals surface area (Å²) < 4.78 is 54.9. The van der Waals surface area contributed by atoms with Gasteiger partial charge in [-0.15, -0.1) is 0 Å². The number of urea groups is 1. The lowest BCUT2D eigenvalue weighted by molar-refractivity contribution is -0.137. The number of piperidine rings is 1. The summed E-state index contributed by atoms with van der Waals surface area (Å²) in [6.45, 7) is 1.34. The molecule has 4 N–H and O–H groups in total. The quantitative estimate of drug-likeness (QED) is 0.220. The highest BCUT2D eigenvalue weighted by molar-refractivity contribution is 6.34. The molecule has 0 unspecified atom stereocenters. The van der Waals surface area contributed by atoms with E-state index in [1.165, 1.54) is 12.4 Å². The molecule has 1 saturated heterocycles. The second kappa shape index (κ2) is 11.0. The molecule has 2 fully saturated rings. The highest BCUT2D eigenvalue weighted by Gasteiger charge is 2.36. The van der Waals surface area contributed by atoms with Crippen molar-refractivity contribution in [2.75, 3.05) is 29.5 Å². The topological polar surface area (TPSA) is 118 Å². The number of nitrogens with one attached hydrogen (secondary N) is 2. The van der Waals surface area contributed by atoms with Gasteiger partial charge in [0.2, 0.25) is 5.91 Å². The average Bonchev–Trinajstić information content (AvgIpc) is 3.74. The van der Waals surface area contributed by atoms with Gasteiger partial charge >= 0.3 is 12.2 Å². The predicted octanol–water partition coefficient (Wildman–Crippen LogP) is 6.55. The average molecular weight is 616 g/mol. The maximum Gasteiger partial charge on any atom is 0.416 e. The molecule has 1 aliphatic heterocycles. The third kappa shape index (κ3) is 5.81. The van der Waals surface area contributed by atoms with Gasteiger partial charge < -0.3 is 21.3 Å². The molecule has 14 heteroatoms. The third-order valence-electron chi connectivity index (χ3n) is 7.83. The zero-order valence-corrected chi connectivity index (χ0v) is 23.3. The first-order valence-corrected chi connectivity index (χ1v) is 14.0. The number of nitrogens with two attached hydrogens (primary N) is 1. The number of nitrogen functional groups attached to an aromatic ring is 1. The van der Waals surface area contributed by atoms with E-state index in [0.29, 0.717) is 47.9 Å². The smallest absolute Gasteiger partial charge is 0.382 e. The normalized spacial score (nSPS) is 16.0. The lowest BCUT2D eigenvalue weighted by atomic mass is 9.92. The van der Waals surface area contributed by atoms with Crippen LogP contribution in [-0.4, -0.2) is 44.5 Å². The van der Waals surface area contributed by atoms with Gasteiger partial charge in [-0.2, -0.15) is 18.3 Å². The van der Waals surface area contributed by atoms with E-state index in [1.54, 1.807) is 16.6 Å². The predicted molar refractivity (Wildman–Crippen MR) is 153 cm³/mol. The number of likely N-dealkylation sites (tertiary alicyclic amines) is 1. The number of fused-ring (bicyclic) bond motifs is 1. The van der Waals surface area contributed by atoms with Crippen LogP contribution >= 0.6 is 11.6 Å². The van der Waals surface area contributed by atoms with E-state index in [4.69, 9.17) is 17.3 Å². The summed E-state index contributed by atoms with van der Waals surface area (Å²) in [5, 5.41) is 9.10. The number of carbonyl (C=O) groups excluding carboxylic acids is 2. The number of carbonyl (C=O) groups is 2. The summed E-state index contributed by atoms with van der Waals surface area (Å²) in [4.78, 5) is 31.1. The molecule has 0 atom stereocenters. The zero-order chi connectivity index (χ0) is 30.5. The summed E-state index contributed by atoms with van der Waals surface area (Å²) in [5.41, 5.74) is 7.57. The molecule has 2 aliphatic rings. The van der Waals surface area contributed by atoms with Gasteiger partial charge in [0.15, 0.2) is 5.82 Å². The first kappa shape index (κ1) is 28.7. The molecule has 2 aromatic carbocycles. The second-order valence-corrected chi connectivity index (χ2v) is 11.1. The Kier molecular flexibility index (Phi) is 7.36. The van der Waals surface area contributed by atoms with Crippen molar-refractivity contribution >= 4 is 46.2 Å². The number of benzene rings is 2. The van der Waals surface area contributed by atoms with Crippen molar-refractivity contribution in [3.63, 3.8) is 0 Å². The molecular formula is C29H26ClF4N7O2. The summed E-state index contributed by atoms with van der Waals surface area (Å²) in [7, 11) is 0. The van der Waals surface area contributed by atoms with E-state index < -0.39 is 29.3 Å². The van der Waals surface area contributed by atoms with Crippen molar-refractivity contribution in [2.24, 2.45) is 5.92 Å². The van der Waals surface area contributed by atoms with Crippen LogP contribution in [0.15, 0.2) is 48.8 Å². The van der Waals surface area contributed by atoms with Crippen LogP contribution in [0.3, 0.4) is 0 Å². The lowest BCUT2D eigenvalue weighted by Gasteiger charge is -2.32. The van der Waals surface area contributed by atoms with Crippen LogP contribution in [0.4, 0.5) is 39.5 Å². The molecule has 0 bridgehead atoms. The second-order valence-electron chi connectivity index (χ2n) is 10.7. The Morgan fingerprint density at radius 2 is 1.70 bits per heavy atom. The number of amides is 3. The standard InChI is InChI=1S/C29H26ClF4N7O2/c30-20-11-17(3-6-22(20)38-28(43)39-23-12-18(29(32,33)34)4-5-21(23)31)19-13-24(41-25(19)26(35)36-14-37-41)15-7-9-40(10-8-15)27(42)16-1-2-16/h3-6,11-16H,1-2,7-10H2,(H2,35,36,37)(H2,38,39,43). The number of nitrogens with zero attached hydrogens (tertiary/aromatic N) is 4. The van der Waals surface area contributed by atoms with E-state index >= 15 is 0 Å². The number of rotatable bonds is 5. The zero-order valence-electron chi connectivity index (χ0n) is 22.6. The lowest BCUT2D eigenvalue weighted by Crippen LogP contribution is -2.39. The fourth-order valence-electron chi connectivity index (χ4n) is 5.44. The molecule has 1 aliphatic carbocycles. The van der Waals surface area contributed by atoms with E-state index in [1.807, 2.05) is 11.0 Å². The van der Waals surface area contributed by atoms with Crippen LogP contribution in [-0.2, 0) is 11.0 Å². The minimum atomic E-state index is -4.70. The van der Waals surface area contributed by atoms with Gasteiger partial charge in [0, 0.05) is 36.2 Å². The van der Waals surface area contributed by atoms with Crippen LogP contribution < -0.4 is 16.4 Å². The molecule has 3 amide bonds. The van der Waals surface area contributed by atoms with Crippen LogP contribution in [0.5, 0.6) is 0 Å². The highest BCUT2D eigenvalue weighted by atomic mass is 35.5. The molecule has 0 radical (unpaired) electrons. The summed E-state index contributed by atoms with van der Waals surface area (Å²) in [5.74, 6) is -0.211. The first-order chi connectivity index (χ1) is 20.5. The largest absolute Gasteiger partial charge is 0.416 e. The number of hydrogen-bond acceptors (Lipinski definition) is 5. The third-order valence-corrected chi connectivity index (χ3v) is 8.14. The number of alkyl halides is 3. The molecule has 2 aromatic heterocycles. The van der Waals surface area contributed by atoms with Gasteiger partial charge in [0.25, 0.3) is 0 Å². The maximum atomic E-state index is 14.1. The molecule has 3 heterocycles. The van der Waals surface area contributed by atoms with Gasteiger partial charge in [-0.25, -0.2) is 18.7 Å². The van der Waals surface area contributed by atoms with Gasteiger partial charge in [-0.05, 0) is 67.6 Å². The van der Waals surface area contributed by atoms with Gasteiger partial charge in [0.05, 0.1) is 22.0 Å². The SMILES string of the molecule is Nc1ncnn2c(C3CCN(C(=O)C4CC4)CC3)cc(-c3ccc(NC(=O)Nc4cc(C(F)(F)F)ccc4F)c(Cl)c3)c12. The summed E-state index contributed by atoms with van der Waals surface area (Å²) >= 11 is 6.49. The molecule has 6 rings (SSSR count). The Morgan fingerprint density at radius 1 is 0.977 bits per heavy atom. The number of hydrogen-bond donors (Lipinski definition) is 3. The number of aromatic nitrogens is 3. The van der Waals surface area contributed by atoms with Crippen LogP contribution in [0.25, 0.3) is 16.6 Å². The highest BCUT2D eigenvalue weighted by Crippen LogP contribution is 2.40. The number of halogens is 5. The Labute approximate surface area is 248 Å². The van der Waals surface area contributed by atoms with E-state index in [0.717, 1.165) is 31.4 Å². The monoisotopic (exact) mass is 615 g/mol. The summed E-state index contributed by atoms with van der Waals surface area (Å²) in [6.07, 6.45) is 0.171. The fourth-order valence-corrected chi connectivity index (χ4v) is 5.67. The molecule has 9 nitrogen and oxygen atoms in total.